The molecule has 4 amide bonds. The Balaban J connectivity index is 1.35. The summed E-state index contributed by atoms with van der Waals surface area (Å²) in [7, 11) is 0. The molecule has 4 rings (SSSR count). The van der Waals surface area contributed by atoms with Crippen LogP contribution in [0.5, 0.6) is 11.5 Å². The first kappa shape index (κ1) is 22.2. The molecular formula is C22H25N3O6S. The topological polar surface area (TPSA) is 105 Å². The summed E-state index contributed by atoms with van der Waals surface area (Å²) >= 11 is 0.862. The van der Waals surface area contributed by atoms with Gasteiger partial charge in [0, 0.05) is 26.1 Å². The van der Waals surface area contributed by atoms with Gasteiger partial charge in [-0.25, -0.2) is 0 Å². The number of nitrogens with zero attached hydrogens (tertiary/aromatic N) is 2. The van der Waals surface area contributed by atoms with Gasteiger partial charge in [-0.05, 0) is 47.9 Å². The molecule has 0 bridgehead atoms. The van der Waals surface area contributed by atoms with Gasteiger partial charge in [-0.15, -0.1) is 0 Å². The van der Waals surface area contributed by atoms with Crippen LogP contribution in [-0.2, 0) is 14.4 Å². The number of nitrogens with one attached hydrogen (secondary N) is 1. The van der Waals surface area contributed by atoms with Gasteiger partial charge in [-0.2, -0.15) is 0 Å². The number of carbonyl (C=O) groups excluding carboxylic acids is 4. The minimum Gasteiger partial charge on any atom is -0.454 e. The van der Waals surface area contributed by atoms with E-state index in [4.69, 9.17) is 9.47 Å². The van der Waals surface area contributed by atoms with Crippen molar-refractivity contribution >= 4 is 40.8 Å². The molecule has 0 spiro atoms. The average molecular weight is 460 g/mol. The van der Waals surface area contributed by atoms with Gasteiger partial charge < -0.3 is 19.7 Å². The Morgan fingerprint density at radius 1 is 1.22 bits per heavy atom. The minimum atomic E-state index is -0.550. The number of fused-ring (bicyclic) bond motifs is 1. The Morgan fingerprint density at radius 2 is 2.00 bits per heavy atom. The van der Waals surface area contributed by atoms with Crippen LogP contribution in [0.4, 0.5) is 4.79 Å². The first-order valence-corrected chi connectivity index (χ1v) is 11.4. The van der Waals surface area contributed by atoms with Crippen LogP contribution in [0.15, 0.2) is 23.1 Å². The molecule has 0 aliphatic carbocycles. The van der Waals surface area contributed by atoms with E-state index in [1.54, 1.807) is 29.2 Å². The molecule has 2 saturated heterocycles. The molecule has 0 aromatic heterocycles. The van der Waals surface area contributed by atoms with E-state index in [2.05, 4.69) is 5.32 Å². The van der Waals surface area contributed by atoms with Crippen molar-refractivity contribution in [2.45, 2.75) is 32.7 Å². The summed E-state index contributed by atoms with van der Waals surface area (Å²) in [5.41, 5.74) is 0.725. The van der Waals surface area contributed by atoms with Gasteiger partial charge in [-0.1, -0.05) is 19.9 Å². The molecule has 9 nitrogen and oxygen atoms in total. The highest BCUT2D eigenvalue weighted by atomic mass is 32.2. The Labute approximate surface area is 190 Å². The summed E-state index contributed by atoms with van der Waals surface area (Å²) in [5, 5.41) is 2.40. The van der Waals surface area contributed by atoms with Crippen molar-refractivity contribution in [2.24, 2.45) is 5.92 Å². The van der Waals surface area contributed by atoms with E-state index in [0.717, 1.165) is 28.6 Å². The standard InChI is InChI=1S/C22H25N3O6S/c1-13(2)19(24-8-3-4-18(24)26)20(27)23-7-9-25-21(28)17(32-22(25)29)11-14-5-6-15-16(10-14)31-12-30-15/h5-6,10-11,13,19H,3-4,7-9,12H2,1-2H3,(H,23,27)/b17-11+. The third-order valence-corrected chi connectivity index (χ3v) is 6.46. The first-order chi connectivity index (χ1) is 15.3. The SMILES string of the molecule is CC(C)C(C(=O)NCCN1C(=O)S/C(=C/c2ccc3c(c2)OCO3)C1=O)N1CCCC1=O. The zero-order chi connectivity index (χ0) is 22.8. The summed E-state index contributed by atoms with van der Waals surface area (Å²) in [5.74, 6) is 0.510. The third-order valence-electron chi connectivity index (χ3n) is 5.55. The van der Waals surface area contributed by atoms with E-state index in [-0.39, 0.29) is 42.9 Å². The highest BCUT2D eigenvalue weighted by Crippen LogP contribution is 2.36. The van der Waals surface area contributed by atoms with Crippen LogP contribution in [-0.4, -0.2) is 65.2 Å². The highest BCUT2D eigenvalue weighted by molar-refractivity contribution is 8.18. The molecule has 0 radical (unpaired) electrons. The Kier molecular flexibility index (Phi) is 6.40. The van der Waals surface area contributed by atoms with Crippen molar-refractivity contribution in [1.82, 2.24) is 15.1 Å². The maximum atomic E-state index is 12.7. The van der Waals surface area contributed by atoms with Crippen molar-refractivity contribution in [3.05, 3.63) is 28.7 Å². The maximum absolute atomic E-state index is 12.7. The molecule has 10 heteroatoms. The molecule has 1 atom stereocenters. The summed E-state index contributed by atoms with van der Waals surface area (Å²) in [4.78, 5) is 52.9. The van der Waals surface area contributed by atoms with Crippen LogP contribution in [0.3, 0.4) is 0 Å². The van der Waals surface area contributed by atoms with Gasteiger partial charge in [0.15, 0.2) is 11.5 Å². The van der Waals surface area contributed by atoms with Crippen molar-refractivity contribution in [2.75, 3.05) is 26.4 Å². The lowest BCUT2D eigenvalue weighted by atomic mass is 10.0. The van der Waals surface area contributed by atoms with E-state index in [0.29, 0.717) is 29.4 Å². The predicted molar refractivity (Wildman–Crippen MR) is 118 cm³/mol. The molecule has 1 aromatic rings. The molecule has 32 heavy (non-hydrogen) atoms. The van der Waals surface area contributed by atoms with Crippen LogP contribution in [0.2, 0.25) is 0 Å². The van der Waals surface area contributed by atoms with Gasteiger partial charge in [0.05, 0.1) is 4.91 Å². The number of carbonyl (C=O) groups is 4. The number of imide groups is 1. The lowest BCUT2D eigenvalue weighted by Crippen LogP contribution is -2.51. The largest absolute Gasteiger partial charge is 0.454 e. The second kappa shape index (κ2) is 9.23. The normalized spacial score (nSPS) is 20.1. The Morgan fingerprint density at radius 3 is 2.72 bits per heavy atom. The van der Waals surface area contributed by atoms with Crippen molar-refractivity contribution in [3.8, 4) is 11.5 Å². The van der Waals surface area contributed by atoms with E-state index in [1.165, 1.54) is 0 Å². The number of benzene rings is 1. The highest BCUT2D eigenvalue weighted by Gasteiger charge is 2.37. The van der Waals surface area contributed by atoms with Crippen LogP contribution in [0.25, 0.3) is 6.08 Å². The number of hydrogen-bond acceptors (Lipinski definition) is 7. The second-order valence-electron chi connectivity index (χ2n) is 8.12. The van der Waals surface area contributed by atoms with E-state index in [1.807, 2.05) is 13.8 Å². The fourth-order valence-corrected chi connectivity index (χ4v) is 4.87. The summed E-state index contributed by atoms with van der Waals surface area (Å²) in [6.07, 6.45) is 2.85. The monoisotopic (exact) mass is 459 g/mol. The molecular weight excluding hydrogens is 434 g/mol. The van der Waals surface area contributed by atoms with Gasteiger partial charge in [-0.3, -0.25) is 24.1 Å². The number of rotatable bonds is 7. The second-order valence-corrected chi connectivity index (χ2v) is 9.11. The Bertz CT molecular complexity index is 992. The van der Waals surface area contributed by atoms with Gasteiger partial charge in [0.1, 0.15) is 6.04 Å². The molecule has 0 saturated carbocycles. The van der Waals surface area contributed by atoms with Gasteiger partial charge >= 0.3 is 0 Å². The van der Waals surface area contributed by atoms with E-state index < -0.39 is 11.9 Å². The predicted octanol–water partition coefficient (Wildman–Crippen LogP) is 2.21. The van der Waals surface area contributed by atoms with Crippen LogP contribution in [0, 0.1) is 5.92 Å². The lowest BCUT2D eigenvalue weighted by molar-refractivity contribution is -0.139. The quantitative estimate of drug-likeness (QED) is 0.623. The Hall–Kier alpha value is -3.01. The zero-order valence-electron chi connectivity index (χ0n) is 18.0. The average Bonchev–Trinajstić information content (AvgIpc) is 3.44. The molecule has 3 heterocycles. The van der Waals surface area contributed by atoms with Crippen molar-refractivity contribution in [3.63, 3.8) is 0 Å². The lowest BCUT2D eigenvalue weighted by Gasteiger charge is -2.30. The fraction of sp³-hybridized carbons (Fsp3) is 0.455. The zero-order valence-corrected chi connectivity index (χ0v) is 18.8. The summed E-state index contributed by atoms with van der Waals surface area (Å²) < 4.78 is 10.6. The molecule has 3 aliphatic rings. The minimum absolute atomic E-state index is 0.0153. The summed E-state index contributed by atoms with van der Waals surface area (Å²) in [6.45, 7) is 4.71. The molecule has 1 N–H and O–H groups in total. The van der Waals surface area contributed by atoms with Crippen molar-refractivity contribution in [1.29, 1.82) is 0 Å². The number of thioether (sulfide) groups is 1. The van der Waals surface area contributed by atoms with Crippen molar-refractivity contribution < 1.29 is 28.7 Å². The smallest absolute Gasteiger partial charge is 0.293 e. The first-order valence-electron chi connectivity index (χ1n) is 10.6. The van der Waals surface area contributed by atoms with Gasteiger partial charge in [0.2, 0.25) is 18.6 Å². The number of hydrogen-bond donors (Lipinski definition) is 1. The van der Waals surface area contributed by atoms with Crippen LogP contribution < -0.4 is 14.8 Å². The fourth-order valence-electron chi connectivity index (χ4n) is 4.01. The summed E-state index contributed by atoms with van der Waals surface area (Å²) in [6, 6.07) is 4.74. The molecule has 2 fully saturated rings. The number of likely N-dealkylation sites (tertiary alicyclic amines) is 1. The van der Waals surface area contributed by atoms with Crippen LogP contribution in [0.1, 0.15) is 32.3 Å². The molecule has 170 valence electrons. The third kappa shape index (κ3) is 4.45. The van der Waals surface area contributed by atoms with E-state index >= 15 is 0 Å². The molecule has 1 aromatic carbocycles. The maximum Gasteiger partial charge on any atom is 0.293 e. The van der Waals surface area contributed by atoms with Gasteiger partial charge in [0.25, 0.3) is 11.1 Å². The van der Waals surface area contributed by atoms with Crippen LogP contribution >= 0.6 is 11.8 Å². The molecule has 3 aliphatic heterocycles. The molecule has 1 unspecified atom stereocenters. The number of ether oxygens (including phenoxy) is 2. The number of amides is 4. The van der Waals surface area contributed by atoms with E-state index in [9.17, 15) is 19.2 Å².